The summed E-state index contributed by atoms with van der Waals surface area (Å²) >= 11 is 0. The molecular formula is C62H36N6. The van der Waals surface area contributed by atoms with Crippen molar-refractivity contribution in [2.45, 2.75) is 0 Å². The van der Waals surface area contributed by atoms with Gasteiger partial charge in [0.25, 0.3) is 0 Å². The molecule has 0 N–H and O–H groups in total. The van der Waals surface area contributed by atoms with Crippen molar-refractivity contribution in [3.63, 3.8) is 0 Å². The highest BCUT2D eigenvalue weighted by Crippen LogP contribution is 2.46. The van der Waals surface area contributed by atoms with Crippen LogP contribution in [0, 0.1) is 17.9 Å². The second-order valence-corrected chi connectivity index (χ2v) is 17.2. The zero-order valence-corrected chi connectivity index (χ0v) is 36.5. The number of hydrogen-bond acceptors (Lipinski definition) is 3. The molecule has 0 bridgehead atoms. The molecule has 0 atom stereocenters. The summed E-state index contributed by atoms with van der Waals surface area (Å²) in [6.07, 6.45) is 3.73. The van der Waals surface area contributed by atoms with Gasteiger partial charge in [-0.1, -0.05) is 91.0 Å². The number of benzene rings is 9. The second-order valence-electron chi connectivity index (χ2n) is 17.2. The predicted molar refractivity (Wildman–Crippen MR) is 278 cm³/mol. The van der Waals surface area contributed by atoms with Crippen LogP contribution in [0.15, 0.2) is 219 Å². The summed E-state index contributed by atoms with van der Waals surface area (Å²) in [6.45, 7) is 7.83. The Morgan fingerprint density at radius 3 is 1.25 bits per heavy atom. The lowest BCUT2D eigenvalue weighted by Crippen LogP contribution is -1.95. The minimum absolute atomic E-state index is 0.614. The smallest absolute Gasteiger partial charge is 0.188 e. The van der Waals surface area contributed by atoms with Gasteiger partial charge in [-0.2, -0.15) is 5.26 Å². The average molecular weight is 865 g/mol. The maximum Gasteiger partial charge on any atom is 0.188 e. The van der Waals surface area contributed by atoms with Crippen molar-refractivity contribution < 1.29 is 0 Å². The lowest BCUT2D eigenvalue weighted by molar-refractivity contribution is 1.18. The molecular weight excluding hydrogens is 829 g/mol. The fraction of sp³-hybridized carbons (Fsp3) is 0. The maximum absolute atomic E-state index is 9.95. The molecule has 0 unspecified atom stereocenters. The van der Waals surface area contributed by atoms with Gasteiger partial charge in [0.2, 0.25) is 0 Å². The van der Waals surface area contributed by atoms with Gasteiger partial charge < -0.3 is 9.13 Å². The van der Waals surface area contributed by atoms with Gasteiger partial charge in [0, 0.05) is 51.1 Å². The Kier molecular flexibility index (Phi) is 8.86. The quantitative estimate of drug-likeness (QED) is 0.124. The lowest BCUT2D eigenvalue weighted by Gasteiger charge is -2.19. The van der Waals surface area contributed by atoms with E-state index in [2.05, 4.69) is 178 Å². The van der Waals surface area contributed by atoms with Crippen LogP contribution in [0.3, 0.4) is 0 Å². The van der Waals surface area contributed by atoms with Gasteiger partial charge in [-0.25, -0.2) is 4.85 Å². The Morgan fingerprint density at radius 2 is 0.794 bits per heavy atom. The average Bonchev–Trinajstić information content (AvgIpc) is 3.92. The van der Waals surface area contributed by atoms with Crippen molar-refractivity contribution in [3.05, 3.63) is 236 Å². The predicted octanol–water partition coefficient (Wildman–Crippen LogP) is 16.1. The van der Waals surface area contributed by atoms with Crippen molar-refractivity contribution >= 4 is 70.8 Å². The molecule has 13 rings (SSSR count). The zero-order valence-electron chi connectivity index (χ0n) is 36.5. The minimum Gasteiger partial charge on any atom is -0.309 e. The van der Waals surface area contributed by atoms with Crippen molar-refractivity contribution in [1.29, 1.82) is 5.26 Å². The van der Waals surface area contributed by atoms with Crippen LogP contribution in [-0.2, 0) is 0 Å². The molecule has 0 saturated heterocycles. The summed E-state index contributed by atoms with van der Waals surface area (Å²) < 4.78 is 4.56. The first-order valence-electron chi connectivity index (χ1n) is 22.6. The van der Waals surface area contributed by atoms with E-state index in [1.165, 1.54) is 0 Å². The Morgan fingerprint density at radius 1 is 0.382 bits per heavy atom. The molecule has 6 heteroatoms. The van der Waals surface area contributed by atoms with E-state index >= 15 is 0 Å². The Hall–Kier alpha value is -9.62. The number of rotatable bonds is 6. The molecule has 0 radical (unpaired) electrons. The van der Waals surface area contributed by atoms with E-state index < -0.39 is 0 Å². The fourth-order valence-electron chi connectivity index (χ4n) is 10.4. The number of aromatic nitrogens is 4. The number of para-hydroxylation sites is 2. The number of fused-ring (bicyclic) bond motifs is 8. The zero-order chi connectivity index (χ0) is 45.3. The fourth-order valence-corrected chi connectivity index (χ4v) is 10.4. The Balaban J connectivity index is 1.05. The maximum atomic E-state index is 9.95. The first kappa shape index (κ1) is 38.8. The molecule has 9 aromatic carbocycles. The molecule has 0 amide bonds. The molecule has 13 aromatic rings. The number of nitriles is 1. The van der Waals surface area contributed by atoms with Gasteiger partial charge >= 0.3 is 0 Å². The Bertz CT molecular complexity index is 3970. The van der Waals surface area contributed by atoms with Crippen LogP contribution >= 0.6 is 0 Å². The van der Waals surface area contributed by atoms with E-state index in [1.807, 2.05) is 60.9 Å². The van der Waals surface area contributed by atoms with Crippen molar-refractivity contribution in [1.82, 2.24) is 19.1 Å². The van der Waals surface area contributed by atoms with Gasteiger partial charge in [-0.05, 0) is 164 Å². The number of hydrogen-bond donors (Lipinski definition) is 0. The van der Waals surface area contributed by atoms with E-state index in [9.17, 15) is 5.26 Å². The van der Waals surface area contributed by atoms with Gasteiger partial charge in [-0.15, -0.1) is 0 Å². The summed E-state index contributed by atoms with van der Waals surface area (Å²) in [6, 6.07) is 74.3. The number of nitrogens with zero attached hydrogens (tertiary/aromatic N) is 6. The van der Waals surface area contributed by atoms with Crippen molar-refractivity contribution in [2.24, 2.45) is 0 Å². The van der Waals surface area contributed by atoms with Gasteiger partial charge in [0.15, 0.2) is 5.69 Å². The third-order valence-corrected chi connectivity index (χ3v) is 13.4. The van der Waals surface area contributed by atoms with Crippen LogP contribution in [0.1, 0.15) is 5.56 Å². The van der Waals surface area contributed by atoms with Crippen molar-refractivity contribution in [2.75, 3.05) is 0 Å². The molecule has 0 aliphatic rings. The van der Waals surface area contributed by atoms with Crippen LogP contribution in [-0.4, -0.2) is 19.1 Å². The highest BCUT2D eigenvalue weighted by atomic mass is 15.0. The van der Waals surface area contributed by atoms with E-state index in [0.29, 0.717) is 11.3 Å². The molecule has 4 aromatic heterocycles. The number of pyridine rings is 2. The molecule has 0 aliphatic carbocycles. The SMILES string of the molecule is [C-]#[N+]c1ccc2c(c1)c1cc(-c3ccc4c(-c5ccccn5)c5cc(-c6ccc7c(c6)c6cc(C#N)ccc6n7-c6ccccc6)ccc5c(-c5ccccn5)c4c3)ccc1n2-c1ccccc1. The molecule has 4 heterocycles. The molecule has 0 saturated carbocycles. The summed E-state index contributed by atoms with van der Waals surface area (Å²) in [5, 5.41) is 18.5. The van der Waals surface area contributed by atoms with Crippen LogP contribution in [0.4, 0.5) is 5.69 Å². The summed E-state index contributed by atoms with van der Waals surface area (Å²) in [4.78, 5) is 13.8. The molecule has 0 fully saturated rings. The molecule has 314 valence electrons. The minimum atomic E-state index is 0.614. The molecule has 6 nitrogen and oxygen atoms in total. The van der Waals surface area contributed by atoms with Crippen LogP contribution in [0.2, 0.25) is 0 Å². The normalized spacial score (nSPS) is 11.5. The highest BCUT2D eigenvalue weighted by Gasteiger charge is 2.22. The van der Waals surface area contributed by atoms with E-state index in [0.717, 1.165) is 121 Å². The summed E-state index contributed by atoms with van der Waals surface area (Å²) in [5.41, 5.74) is 15.8. The second kappa shape index (κ2) is 15.5. The summed E-state index contributed by atoms with van der Waals surface area (Å²) in [5.74, 6) is 0. The van der Waals surface area contributed by atoms with E-state index in [-0.39, 0.29) is 0 Å². The standard InChI is InChI=1S/C62H36N6/c1-64-44-23-29-60-52(37-44)51-34-43(22-28-59(51)68(60)46-14-6-3-7-15-46)41-20-25-48-54(36-41)62(56-17-9-11-31-66-56)47-24-19-40(35-53(47)61(48)55-16-8-10-30-65-55)42-21-27-58-50(33-42)49-32-39(38-63)18-26-57(49)67(58)45-12-4-2-5-13-45/h2-37H. The molecule has 68 heavy (non-hydrogen) atoms. The third kappa shape index (κ3) is 6.10. The van der Waals surface area contributed by atoms with Crippen LogP contribution in [0.25, 0.3) is 126 Å². The first-order chi connectivity index (χ1) is 33.6. The Labute approximate surface area is 391 Å². The topological polar surface area (TPSA) is 63.8 Å². The monoisotopic (exact) mass is 864 g/mol. The van der Waals surface area contributed by atoms with Crippen LogP contribution in [0.5, 0.6) is 0 Å². The van der Waals surface area contributed by atoms with Gasteiger partial charge in [0.05, 0.1) is 51.7 Å². The van der Waals surface area contributed by atoms with Gasteiger partial charge in [-0.3, -0.25) is 9.97 Å². The summed E-state index contributed by atoms with van der Waals surface area (Å²) in [7, 11) is 0. The lowest BCUT2D eigenvalue weighted by atomic mass is 9.86. The largest absolute Gasteiger partial charge is 0.309 e. The van der Waals surface area contributed by atoms with Crippen molar-refractivity contribution in [3.8, 4) is 62.2 Å². The van der Waals surface area contributed by atoms with Crippen LogP contribution < -0.4 is 0 Å². The van der Waals surface area contributed by atoms with E-state index in [1.54, 1.807) is 0 Å². The molecule has 0 aliphatic heterocycles. The first-order valence-corrected chi connectivity index (χ1v) is 22.6. The third-order valence-electron chi connectivity index (χ3n) is 13.4. The van der Waals surface area contributed by atoms with Gasteiger partial charge in [0.1, 0.15) is 0 Å². The molecule has 0 spiro atoms. The van der Waals surface area contributed by atoms with E-state index in [4.69, 9.17) is 16.5 Å². The highest BCUT2D eigenvalue weighted by molar-refractivity contribution is 6.22.